The lowest BCUT2D eigenvalue weighted by Crippen LogP contribution is -2.60. The van der Waals surface area contributed by atoms with Gasteiger partial charge in [0.25, 0.3) is 0 Å². The topological polar surface area (TPSA) is 63.1 Å². The third-order valence-electron chi connectivity index (χ3n) is 7.29. The minimum absolute atomic E-state index is 0.0108. The number of benzene rings is 5. The van der Waals surface area contributed by atoms with E-state index in [2.05, 4.69) is 126 Å². The van der Waals surface area contributed by atoms with Gasteiger partial charge in [0.1, 0.15) is 0 Å². The van der Waals surface area contributed by atoms with Gasteiger partial charge < -0.3 is 5.73 Å². The highest BCUT2D eigenvalue weighted by Crippen LogP contribution is 2.53. The van der Waals surface area contributed by atoms with E-state index in [0.717, 1.165) is 39.1 Å². The molecule has 38 heavy (non-hydrogen) atoms. The summed E-state index contributed by atoms with van der Waals surface area (Å²) in [5.74, 6) is 0. The van der Waals surface area contributed by atoms with Crippen LogP contribution in [0.1, 0.15) is 22.3 Å². The molecule has 5 heteroatoms. The van der Waals surface area contributed by atoms with Crippen molar-refractivity contribution in [3.63, 3.8) is 0 Å². The van der Waals surface area contributed by atoms with Crippen molar-refractivity contribution < 1.29 is 0 Å². The SMILES string of the molecule is NCc1ccc(-c2ccccc2)c([N+]2(C(c3ccccc3)(c3ccccc3)c3ccccc3)C=NN=N2)c1. The zero-order valence-corrected chi connectivity index (χ0v) is 20.9. The van der Waals surface area contributed by atoms with Crippen LogP contribution in [-0.2, 0) is 12.1 Å². The van der Waals surface area contributed by atoms with Crippen LogP contribution >= 0.6 is 0 Å². The molecule has 1 aliphatic heterocycles. The van der Waals surface area contributed by atoms with Crippen molar-refractivity contribution in [1.82, 2.24) is 4.59 Å². The number of nitrogens with zero attached hydrogens (tertiary/aromatic N) is 4. The molecule has 0 radical (unpaired) electrons. The normalized spacial score (nSPS) is 16.6. The fourth-order valence-corrected chi connectivity index (χ4v) is 5.63. The van der Waals surface area contributed by atoms with E-state index in [1.54, 1.807) is 0 Å². The summed E-state index contributed by atoms with van der Waals surface area (Å²) in [5, 5.41) is 13.7. The maximum atomic E-state index is 6.20. The molecule has 0 fully saturated rings. The third kappa shape index (κ3) is 3.68. The first kappa shape index (κ1) is 23.7. The molecule has 6 rings (SSSR count). The fourth-order valence-electron chi connectivity index (χ4n) is 5.63. The summed E-state index contributed by atoms with van der Waals surface area (Å²) in [7, 11) is 0. The van der Waals surface area contributed by atoms with Gasteiger partial charge in [-0.05, 0) is 17.2 Å². The van der Waals surface area contributed by atoms with Crippen LogP contribution in [0.3, 0.4) is 0 Å². The van der Waals surface area contributed by atoms with Gasteiger partial charge in [-0.25, -0.2) is 0 Å². The number of rotatable bonds is 7. The molecule has 1 heterocycles. The Morgan fingerprint density at radius 3 is 1.55 bits per heavy atom. The van der Waals surface area contributed by atoms with Crippen molar-refractivity contribution >= 4 is 12.0 Å². The van der Waals surface area contributed by atoms with Crippen molar-refractivity contribution in [2.24, 2.45) is 21.3 Å². The van der Waals surface area contributed by atoms with Gasteiger partial charge in [0.2, 0.25) is 11.9 Å². The third-order valence-corrected chi connectivity index (χ3v) is 7.29. The molecule has 0 spiro atoms. The average molecular weight is 495 g/mol. The molecule has 5 aromatic rings. The molecular weight excluding hydrogens is 466 g/mol. The van der Waals surface area contributed by atoms with E-state index in [1.807, 2.05) is 30.6 Å². The molecule has 0 saturated heterocycles. The Morgan fingerprint density at radius 2 is 1.11 bits per heavy atom. The number of nitrogens with two attached hydrogens (primary N) is 1. The zero-order chi connectivity index (χ0) is 25.8. The molecule has 0 aromatic heterocycles. The predicted octanol–water partition coefficient (Wildman–Crippen LogP) is 7.44. The van der Waals surface area contributed by atoms with Crippen molar-refractivity contribution in [2.45, 2.75) is 12.1 Å². The molecule has 1 unspecified atom stereocenters. The van der Waals surface area contributed by atoms with Crippen molar-refractivity contribution in [2.75, 3.05) is 0 Å². The molecule has 2 N–H and O–H groups in total. The van der Waals surface area contributed by atoms with Crippen molar-refractivity contribution in [3.8, 4) is 11.1 Å². The van der Waals surface area contributed by atoms with E-state index in [-0.39, 0.29) is 4.59 Å². The molecule has 0 aliphatic carbocycles. The molecule has 184 valence electrons. The van der Waals surface area contributed by atoms with Gasteiger partial charge in [0, 0.05) is 40.1 Å². The minimum atomic E-state index is -0.843. The number of hydrogen-bond donors (Lipinski definition) is 1. The van der Waals surface area contributed by atoms with E-state index < -0.39 is 5.54 Å². The van der Waals surface area contributed by atoms with Crippen LogP contribution in [-0.4, -0.2) is 6.34 Å². The van der Waals surface area contributed by atoms with Crippen LogP contribution in [0, 0.1) is 0 Å². The van der Waals surface area contributed by atoms with Crippen LogP contribution in [0.25, 0.3) is 11.1 Å². The molecule has 5 aromatic carbocycles. The van der Waals surface area contributed by atoms with Gasteiger partial charge in [-0.1, -0.05) is 137 Å². The molecule has 1 aliphatic rings. The lowest BCUT2D eigenvalue weighted by Gasteiger charge is -2.44. The van der Waals surface area contributed by atoms with Gasteiger partial charge in [0.05, 0.1) is 5.22 Å². The average Bonchev–Trinajstić information content (AvgIpc) is 3.51. The minimum Gasteiger partial charge on any atom is -0.326 e. The van der Waals surface area contributed by atoms with Crippen molar-refractivity contribution in [1.29, 1.82) is 0 Å². The van der Waals surface area contributed by atoms with E-state index >= 15 is 0 Å². The molecular formula is C33H28N5+. The Morgan fingerprint density at radius 1 is 0.605 bits per heavy atom. The highest BCUT2D eigenvalue weighted by Gasteiger charge is 2.60. The van der Waals surface area contributed by atoms with Crippen LogP contribution in [0.2, 0.25) is 0 Å². The molecule has 0 bridgehead atoms. The molecule has 5 nitrogen and oxygen atoms in total. The van der Waals surface area contributed by atoms with Crippen LogP contribution in [0.4, 0.5) is 5.69 Å². The van der Waals surface area contributed by atoms with Crippen molar-refractivity contribution in [3.05, 3.63) is 162 Å². The lowest BCUT2D eigenvalue weighted by atomic mass is 9.74. The summed E-state index contributed by atoms with van der Waals surface area (Å²) in [6.45, 7) is 0.408. The maximum Gasteiger partial charge on any atom is 0.246 e. The highest BCUT2D eigenvalue weighted by atomic mass is 15.8. The second-order valence-corrected chi connectivity index (χ2v) is 9.33. The Hall–Kier alpha value is -4.71. The molecule has 0 saturated carbocycles. The first-order chi connectivity index (χ1) is 18.8. The first-order valence-corrected chi connectivity index (χ1v) is 12.7. The standard InChI is InChI=1S/C33H28N5/c34-24-26-21-22-31(27-13-5-1-6-14-27)32(23-26)38(25-35-36-37-38)33(28-15-7-2-8-16-28,29-17-9-3-10-18-29)30-19-11-4-12-20-30/h1-23,25H,24,34H2/q+1. The van der Waals surface area contributed by atoms with Gasteiger partial charge in [-0.2, -0.15) is 0 Å². The monoisotopic (exact) mass is 494 g/mol. The molecule has 0 amide bonds. The summed E-state index contributed by atoms with van der Waals surface area (Å²) in [4.78, 5) is 0. The first-order valence-electron chi connectivity index (χ1n) is 12.7. The van der Waals surface area contributed by atoms with Crippen LogP contribution in [0.15, 0.2) is 155 Å². The predicted molar refractivity (Wildman–Crippen MR) is 154 cm³/mol. The van der Waals surface area contributed by atoms with Crippen LogP contribution in [0.5, 0.6) is 0 Å². The smallest absolute Gasteiger partial charge is 0.246 e. The van der Waals surface area contributed by atoms with Crippen LogP contribution < -0.4 is 10.3 Å². The van der Waals surface area contributed by atoms with Gasteiger partial charge in [-0.15, -0.1) is 0 Å². The van der Waals surface area contributed by atoms with E-state index in [1.165, 1.54) is 0 Å². The van der Waals surface area contributed by atoms with Gasteiger partial charge in [-0.3, -0.25) is 0 Å². The largest absolute Gasteiger partial charge is 0.326 e. The summed E-state index contributed by atoms with van der Waals surface area (Å²) in [5.41, 5.74) is 12.7. The number of hydrogen-bond acceptors (Lipinski definition) is 4. The summed E-state index contributed by atoms with van der Waals surface area (Å²) >= 11 is 0. The second-order valence-electron chi connectivity index (χ2n) is 9.33. The number of quaternary nitrogens is 1. The second kappa shape index (κ2) is 9.98. The Labute approximate surface area is 222 Å². The van der Waals surface area contributed by atoms with E-state index in [4.69, 9.17) is 11.0 Å². The van der Waals surface area contributed by atoms with Gasteiger partial charge >= 0.3 is 0 Å². The van der Waals surface area contributed by atoms with E-state index in [0.29, 0.717) is 6.54 Å². The highest BCUT2D eigenvalue weighted by molar-refractivity contribution is 5.89. The summed E-state index contributed by atoms with van der Waals surface area (Å²) < 4.78 is -0.0108. The zero-order valence-electron chi connectivity index (χ0n) is 20.9. The van der Waals surface area contributed by atoms with E-state index in [9.17, 15) is 0 Å². The summed E-state index contributed by atoms with van der Waals surface area (Å²) in [6.07, 6.45) is 1.86. The Kier molecular flexibility index (Phi) is 6.22. The maximum absolute atomic E-state index is 6.20. The fraction of sp³-hybridized carbons (Fsp3) is 0.0606. The quantitative estimate of drug-likeness (QED) is 0.185. The summed E-state index contributed by atoms with van der Waals surface area (Å²) in [6, 6.07) is 48.3. The van der Waals surface area contributed by atoms with Gasteiger partial charge in [0.15, 0.2) is 5.69 Å². The lowest BCUT2D eigenvalue weighted by molar-refractivity contribution is 0.278. The molecule has 1 atom stereocenters. The Balaban J connectivity index is 1.80. The Bertz CT molecular complexity index is 1470.